The Kier molecular flexibility index (Phi) is 3.44. The van der Waals surface area contributed by atoms with Crippen LogP contribution < -0.4 is 0 Å². The molecule has 0 aliphatic heterocycles. The normalized spacial score (nSPS) is 10.9. The number of aryl methyl sites for hydroxylation is 1. The van der Waals surface area contributed by atoms with Crippen molar-refractivity contribution in [1.82, 2.24) is 9.78 Å². The van der Waals surface area contributed by atoms with Crippen LogP contribution in [0.15, 0.2) is 48.5 Å². The molecule has 0 bridgehead atoms. The fourth-order valence-corrected chi connectivity index (χ4v) is 2.56. The molecule has 3 rings (SSSR count). The van der Waals surface area contributed by atoms with Crippen molar-refractivity contribution in [2.75, 3.05) is 0 Å². The highest BCUT2D eigenvalue weighted by Crippen LogP contribution is 2.24. The van der Waals surface area contributed by atoms with E-state index >= 15 is 0 Å². The second kappa shape index (κ2) is 5.40. The van der Waals surface area contributed by atoms with E-state index in [0.717, 1.165) is 35.0 Å². The largest absolute Gasteiger partial charge is 0.476 e. The molecule has 4 heteroatoms. The van der Waals surface area contributed by atoms with Gasteiger partial charge in [0.25, 0.3) is 0 Å². The number of nitrogens with zero attached hydrogens (tertiary/aromatic N) is 2. The molecule has 0 unspecified atom stereocenters. The van der Waals surface area contributed by atoms with E-state index in [2.05, 4.69) is 12.0 Å². The number of aromatic carboxylic acids is 1. The highest BCUT2D eigenvalue weighted by Gasteiger charge is 2.15. The average Bonchev–Trinajstić information content (AvgIpc) is 2.91. The molecule has 1 aromatic heterocycles. The van der Waals surface area contributed by atoms with Gasteiger partial charge < -0.3 is 5.11 Å². The summed E-state index contributed by atoms with van der Waals surface area (Å²) in [5.74, 6) is -0.994. The summed E-state index contributed by atoms with van der Waals surface area (Å²) >= 11 is 0. The van der Waals surface area contributed by atoms with Crippen molar-refractivity contribution in [1.29, 1.82) is 0 Å². The van der Waals surface area contributed by atoms with Gasteiger partial charge in [0.1, 0.15) is 0 Å². The zero-order chi connectivity index (χ0) is 14.8. The first kappa shape index (κ1) is 13.4. The van der Waals surface area contributed by atoms with E-state index in [1.54, 1.807) is 10.7 Å². The number of carbonyl (C=O) groups is 1. The van der Waals surface area contributed by atoms with Crippen LogP contribution in [-0.2, 0) is 6.42 Å². The molecular formula is C17H16N2O2. The van der Waals surface area contributed by atoms with E-state index in [1.165, 1.54) is 0 Å². The lowest BCUT2D eigenvalue weighted by Gasteiger charge is -2.10. The second-order valence-electron chi connectivity index (χ2n) is 4.99. The maximum atomic E-state index is 11.2. The molecule has 106 valence electrons. The van der Waals surface area contributed by atoms with E-state index in [1.807, 2.05) is 42.5 Å². The zero-order valence-electron chi connectivity index (χ0n) is 11.8. The fraction of sp³-hybridized carbons (Fsp3) is 0.176. The van der Waals surface area contributed by atoms with Gasteiger partial charge in [-0.2, -0.15) is 5.10 Å². The third-order valence-electron chi connectivity index (χ3n) is 3.50. The Morgan fingerprint density at radius 1 is 1.19 bits per heavy atom. The van der Waals surface area contributed by atoms with Gasteiger partial charge in [0.05, 0.1) is 5.69 Å². The molecule has 2 aromatic carbocycles. The van der Waals surface area contributed by atoms with Crippen LogP contribution in [0.4, 0.5) is 0 Å². The van der Waals surface area contributed by atoms with Crippen molar-refractivity contribution >= 4 is 16.7 Å². The van der Waals surface area contributed by atoms with E-state index in [4.69, 9.17) is 0 Å². The molecule has 4 nitrogen and oxygen atoms in total. The van der Waals surface area contributed by atoms with Gasteiger partial charge in [0.15, 0.2) is 5.69 Å². The van der Waals surface area contributed by atoms with Gasteiger partial charge >= 0.3 is 5.97 Å². The standard InChI is InChI=1S/C17H16N2O2/c1-2-6-13-11-15(17(20)21)18-19(13)16-10-5-8-12-7-3-4-9-14(12)16/h3-5,7-11H,2,6H2,1H3,(H,20,21). The highest BCUT2D eigenvalue weighted by molar-refractivity contribution is 5.90. The van der Waals surface area contributed by atoms with E-state index in [9.17, 15) is 9.90 Å². The Bertz CT molecular complexity index is 800. The van der Waals surface area contributed by atoms with E-state index in [-0.39, 0.29) is 5.69 Å². The van der Waals surface area contributed by atoms with Crippen molar-refractivity contribution in [2.45, 2.75) is 19.8 Å². The Balaban J connectivity index is 2.24. The summed E-state index contributed by atoms with van der Waals surface area (Å²) < 4.78 is 1.76. The number of rotatable bonds is 4. The molecule has 0 atom stereocenters. The van der Waals surface area contributed by atoms with Crippen LogP contribution in [0.5, 0.6) is 0 Å². The minimum Gasteiger partial charge on any atom is -0.476 e. The first-order valence-electron chi connectivity index (χ1n) is 7.01. The van der Waals surface area contributed by atoms with Gasteiger partial charge in [-0.25, -0.2) is 9.48 Å². The Morgan fingerprint density at radius 2 is 1.95 bits per heavy atom. The third-order valence-corrected chi connectivity index (χ3v) is 3.50. The van der Waals surface area contributed by atoms with Gasteiger partial charge in [-0.3, -0.25) is 0 Å². The Morgan fingerprint density at radius 3 is 2.71 bits per heavy atom. The Labute approximate surface area is 122 Å². The molecular weight excluding hydrogens is 264 g/mol. The smallest absolute Gasteiger partial charge is 0.356 e. The van der Waals surface area contributed by atoms with E-state index in [0.29, 0.717) is 0 Å². The number of fused-ring (bicyclic) bond motifs is 1. The predicted molar refractivity (Wildman–Crippen MR) is 82.0 cm³/mol. The molecule has 0 spiro atoms. The third kappa shape index (κ3) is 2.40. The number of carboxylic acids is 1. The molecule has 1 heterocycles. The summed E-state index contributed by atoms with van der Waals surface area (Å²) in [7, 11) is 0. The summed E-state index contributed by atoms with van der Waals surface area (Å²) in [4.78, 5) is 11.2. The van der Waals surface area contributed by atoms with Gasteiger partial charge in [-0.1, -0.05) is 49.7 Å². The fourth-order valence-electron chi connectivity index (χ4n) is 2.56. The van der Waals surface area contributed by atoms with Crippen molar-refractivity contribution < 1.29 is 9.90 Å². The molecule has 21 heavy (non-hydrogen) atoms. The van der Waals surface area contributed by atoms with Crippen LogP contribution in [0.3, 0.4) is 0 Å². The molecule has 0 amide bonds. The minimum absolute atomic E-state index is 0.0892. The molecule has 1 N–H and O–H groups in total. The topological polar surface area (TPSA) is 55.1 Å². The van der Waals surface area contributed by atoms with Gasteiger partial charge in [-0.05, 0) is 23.9 Å². The first-order valence-corrected chi connectivity index (χ1v) is 7.01. The van der Waals surface area contributed by atoms with Crippen LogP contribution in [0.25, 0.3) is 16.5 Å². The monoisotopic (exact) mass is 280 g/mol. The quantitative estimate of drug-likeness (QED) is 0.793. The lowest BCUT2D eigenvalue weighted by molar-refractivity contribution is 0.0690. The molecule has 0 radical (unpaired) electrons. The van der Waals surface area contributed by atoms with Crippen LogP contribution in [0.2, 0.25) is 0 Å². The molecule has 3 aromatic rings. The molecule has 0 saturated carbocycles. The van der Waals surface area contributed by atoms with Crippen LogP contribution in [-0.4, -0.2) is 20.9 Å². The number of carboxylic acid groups (broad SMARTS) is 1. The maximum Gasteiger partial charge on any atom is 0.356 e. The van der Waals surface area contributed by atoms with Crippen molar-refractivity contribution in [3.63, 3.8) is 0 Å². The lowest BCUT2D eigenvalue weighted by atomic mass is 10.1. The number of benzene rings is 2. The van der Waals surface area contributed by atoms with E-state index < -0.39 is 5.97 Å². The van der Waals surface area contributed by atoms with Crippen LogP contribution in [0.1, 0.15) is 29.5 Å². The summed E-state index contributed by atoms with van der Waals surface area (Å²) in [5, 5.41) is 15.6. The highest BCUT2D eigenvalue weighted by atomic mass is 16.4. The molecule has 0 saturated heterocycles. The van der Waals surface area contributed by atoms with Gasteiger partial charge in [0, 0.05) is 11.1 Å². The van der Waals surface area contributed by atoms with Gasteiger partial charge in [-0.15, -0.1) is 0 Å². The average molecular weight is 280 g/mol. The number of hydrogen-bond acceptors (Lipinski definition) is 2. The van der Waals surface area contributed by atoms with Crippen LogP contribution >= 0.6 is 0 Å². The summed E-state index contributed by atoms with van der Waals surface area (Å²) in [6.07, 6.45) is 1.74. The van der Waals surface area contributed by atoms with Crippen LogP contribution in [0, 0.1) is 0 Å². The second-order valence-corrected chi connectivity index (χ2v) is 4.99. The van der Waals surface area contributed by atoms with Gasteiger partial charge in [0.2, 0.25) is 0 Å². The predicted octanol–water partition coefficient (Wildman–Crippen LogP) is 3.68. The minimum atomic E-state index is -0.994. The molecule has 0 fully saturated rings. The molecule has 0 aliphatic carbocycles. The summed E-state index contributed by atoms with van der Waals surface area (Å²) in [5.41, 5.74) is 1.93. The summed E-state index contributed by atoms with van der Waals surface area (Å²) in [6.45, 7) is 2.07. The van der Waals surface area contributed by atoms with Crippen molar-refractivity contribution in [3.8, 4) is 5.69 Å². The summed E-state index contributed by atoms with van der Waals surface area (Å²) in [6, 6.07) is 15.7. The first-order chi connectivity index (χ1) is 10.2. The van der Waals surface area contributed by atoms with Crippen molar-refractivity contribution in [3.05, 3.63) is 59.9 Å². The Hall–Kier alpha value is -2.62. The molecule has 0 aliphatic rings. The number of aromatic nitrogens is 2. The SMILES string of the molecule is CCCc1cc(C(=O)O)nn1-c1cccc2ccccc12. The number of hydrogen-bond donors (Lipinski definition) is 1. The maximum absolute atomic E-state index is 11.2. The van der Waals surface area contributed by atoms with Crippen molar-refractivity contribution in [2.24, 2.45) is 0 Å². The zero-order valence-corrected chi connectivity index (χ0v) is 11.8. The lowest BCUT2D eigenvalue weighted by Crippen LogP contribution is -2.04.